The van der Waals surface area contributed by atoms with E-state index in [2.05, 4.69) is 12.0 Å². The third-order valence-corrected chi connectivity index (χ3v) is 2.89. The van der Waals surface area contributed by atoms with E-state index >= 15 is 0 Å². The van der Waals surface area contributed by atoms with E-state index in [9.17, 15) is 0 Å². The number of rotatable bonds is 3. The molecule has 2 rings (SSSR count). The lowest BCUT2D eigenvalue weighted by Gasteiger charge is -2.07. The van der Waals surface area contributed by atoms with Crippen LogP contribution in [0.15, 0.2) is 30.3 Å². The van der Waals surface area contributed by atoms with Gasteiger partial charge >= 0.3 is 0 Å². The van der Waals surface area contributed by atoms with Gasteiger partial charge in [0.25, 0.3) is 0 Å². The number of aromatic nitrogens is 2. The van der Waals surface area contributed by atoms with Crippen LogP contribution in [0.3, 0.4) is 0 Å². The van der Waals surface area contributed by atoms with Crippen molar-refractivity contribution in [1.29, 1.82) is 0 Å². The van der Waals surface area contributed by atoms with Gasteiger partial charge in [-0.3, -0.25) is 4.68 Å². The van der Waals surface area contributed by atoms with Gasteiger partial charge in [0.15, 0.2) is 0 Å². The molecule has 1 heterocycles. The van der Waals surface area contributed by atoms with E-state index in [1.165, 1.54) is 0 Å². The standard InChI is InChI=1S/C12H14ClN3/c1-2-10-7-12(14)15-16(10)8-9-5-3-4-6-11(9)13/h3-7H,2,8H2,1H3,(H2,14,15). The molecule has 84 valence electrons. The largest absolute Gasteiger partial charge is 0.382 e. The number of hydrogen-bond donors (Lipinski definition) is 1. The second-order valence-electron chi connectivity index (χ2n) is 3.66. The molecule has 0 fully saturated rings. The topological polar surface area (TPSA) is 43.8 Å². The van der Waals surface area contributed by atoms with Crippen molar-refractivity contribution in [1.82, 2.24) is 9.78 Å². The summed E-state index contributed by atoms with van der Waals surface area (Å²) in [4.78, 5) is 0. The van der Waals surface area contributed by atoms with Crippen molar-refractivity contribution in [2.45, 2.75) is 19.9 Å². The number of hydrogen-bond acceptors (Lipinski definition) is 2. The van der Waals surface area contributed by atoms with Crippen LogP contribution < -0.4 is 5.73 Å². The van der Waals surface area contributed by atoms with Gasteiger partial charge in [-0.05, 0) is 18.1 Å². The highest BCUT2D eigenvalue weighted by atomic mass is 35.5. The first-order valence-corrected chi connectivity index (χ1v) is 5.64. The molecule has 0 unspecified atom stereocenters. The van der Waals surface area contributed by atoms with E-state index in [0.29, 0.717) is 12.4 Å². The Bertz CT molecular complexity index is 491. The van der Waals surface area contributed by atoms with Crippen molar-refractivity contribution in [3.63, 3.8) is 0 Å². The first-order valence-electron chi connectivity index (χ1n) is 5.26. The molecule has 0 radical (unpaired) electrons. The van der Waals surface area contributed by atoms with E-state index in [0.717, 1.165) is 22.7 Å². The van der Waals surface area contributed by atoms with Gasteiger partial charge in [-0.2, -0.15) is 5.10 Å². The summed E-state index contributed by atoms with van der Waals surface area (Å²) in [6.07, 6.45) is 0.911. The Morgan fingerprint density at radius 3 is 2.81 bits per heavy atom. The monoisotopic (exact) mass is 235 g/mol. The lowest BCUT2D eigenvalue weighted by atomic mass is 10.2. The Morgan fingerprint density at radius 2 is 2.12 bits per heavy atom. The Kier molecular flexibility index (Phi) is 3.15. The molecule has 0 aliphatic carbocycles. The van der Waals surface area contributed by atoms with Crippen LogP contribution in [0.2, 0.25) is 5.02 Å². The van der Waals surface area contributed by atoms with Crippen molar-refractivity contribution in [2.75, 3.05) is 5.73 Å². The lowest BCUT2D eigenvalue weighted by Crippen LogP contribution is -2.06. The van der Waals surface area contributed by atoms with E-state index in [-0.39, 0.29) is 0 Å². The summed E-state index contributed by atoms with van der Waals surface area (Å²) >= 11 is 6.10. The molecule has 0 atom stereocenters. The molecule has 1 aromatic heterocycles. The van der Waals surface area contributed by atoms with Crippen molar-refractivity contribution < 1.29 is 0 Å². The second kappa shape index (κ2) is 4.58. The number of nitrogens with zero attached hydrogens (tertiary/aromatic N) is 2. The summed E-state index contributed by atoms with van der Waals surface area (Å²) in [6.45, 7) is 2.75. The third kappa shape index (κ3) is 2.19. The number of benzene rings is 1. The third-order valence-electron chi connectivity index (χ3n) is 2.52. The van der Waals surface area contributed by atoms with Crippen molar-refractivity contribution >= 4 is 17.4 Å². The highest BCUT2D eigenvalue weighted by molar-refractivity contribution is 6.31. The van der Waals surface area contributed by atoms with Crippen LogP contribution in [-0.4, -0.2) is 9.78 Å². The minimum Gasteiger partial charge on any atom is -0.382 e. The molecular formula is C12H14ClN3. The Hall–Kier alpha value is -1.48. The highest BCUT2D eigenvalue weighted by Gasteiger charge is 2.06. The summed E-state index contributed by atoms with van der Waals surface area (Å²) < 4.78 is 1.90. The summed E-state index contributed by atoms with van der Waals surface area (Å²) in [5.74, 6) is 0.559. The molecule has 1 aromatic carbocycles. The molecule has 3 nitrogen and oxygen atoms in total. The molecule has 0 saturated carbocycles. The van der Waals surface area contributed by atoms with Gasteiger partial charge in [0.1, 0.15) is 5.82 Å². The van der Waals surface area contributed by atoms with Crippen LogP contribution in [0.25, 0.3) is 0 Å². The summed E-state index contributed by atoms with van der Waals surface area (Å²) in [5, 5.41) is 5.02. The predicted molar refractivity (Wildman–Crippen MR) is 66.6 cm³/mol. The van der Waals surface area contributed by atoms with E-state index in [4.69, 9.17) is 17.3 Å². The van der Waals surface area contributed by atoms with Crippen molar-refractivity contribution in [3.05, 3.63) is 46.6 Å². The zero-order valence-corrected chi connectivity index (χ0v) is 9.91. The zero-order chi connectivity index (χ0) is 11.5. The van der Waals surface area contributed by atoms with Crippen LogP contribution in [0.1, 0.15) is 18.2 Å². The number of aryl methyl sites for hydroxylation is 1. The fraction of sp³-hybridized carbons (Fsp3) is 0.250. The van der Waals surface area contributed by atoms with Crippen molar-refractivity contribution in [2.24, 2.45) is 0 Å². The molecule has 0 aliphatic rings. The van der Waals surface area contributed by atoms with Gasteiger partial charge in [0.05, 0.1) is 6.54 Å². The highest BCUT2D eigenvalue weighted by Crippen LogP contribution is 2.17. The normalized spacial score (nSPS) is 10.6. The number of anilines is 1. The molecule has 0 aliphatic heterocycles. The Labute approximate surface area is 99.8 Å². The maximum Gasteiger partial charge on any atom is 0.145 e. The summed E-state index contributed by atoms with van der Waals surface area (Å²) in [5.41, 5.74) is 7.86. The van der Waals surface area contributed by atoms with Crippen molar-refractivity contribution in [3.8, 4) is 0 Å². The summed E-state index contributed by atoms with van der Waals surface area (Å²) in [7, 11) is 0. The molecular weight excluding hydrogens is 222 g/mol. The zero-order valence-electron chi connectivity index (χ0n) is 9.15. The van der Waals surface area contributed by atoms with Gasteiger partial charge in [-0.15, -0.1) is 0 Å². The molecule has 2 aromatic rings. The average molecular weight is 236 g/mol. The first-order chi connectivity index (χ1) is 7.70. The molecule has 16 heavy (non-hydrogen) atoms. The van der Waals surface area contributed by atoms with Crippen LogP contribution in [0.4, 0.5) is 5.82 Å². The summed E-state index contributed by atoms with van der Waals surface area (Å²) in [6, 6.07) is 9.68. The fourth-order valence-electron chi connectivity index (χ4n) is 1.69. The fourth-order valence-corrected chi connectivity index (χ4v) is 1.88. The maximum atomic E-state index is 6.10. The van der Waals surface area contributed by atoms with Crippen LogP contribution >= 0.6 is 11.6 Å². The quantitative estimate of drug-likeness (QED) is 0.889. The van der Waals surface area contributed by atoms with E-state index in [1.54, 1.807) is 0 Å². The van der Waals surface area contributed by atoms with Gasteiger partial charge in [0, 0.05) is 16.8 Å². The van der Waals surface area contributed by atoms with Gasteiger partial charge < -0.3 is 5.73 Å². The minimum absolute atomic E-state index is 0.559. The predicted octanol–water partition coefficient (Wildman–Crippen LogP) is 2.73. The number of nitrogens with two attached hydrogens (primary N) is 1. The molecule has 4 heteroatoms. The van der Waals surface area contributed by atoms with Crippen LogP contribution in [-0.2, 0) is 13.0 Å². The van der Waals surface area contributed by atoms with Gasteiger partial charge in [-0.1, -0.05) is 36.7 Å². The second-order valence-corrected chi connectivity index (χ2v) is 4.07. The Morgan fingerprint density at radius 1 is 1.38 bits per heavy atom. The maximum absolute atomic E-state index is 6.10. The van der Waals surface area contributed by atoms with Crippen LogP contribution in [0.5, 0.6) is 0 Å². The molecule has 0 spiro atoms. The molecule has 0 saturated heterocycles. The van der Waals surface area contributed by atoms with Crippen LogP contribution in [0, 0.1) is 0 Å². The number of halogens is 1. The first kappa shape index (κ1) is 11.0. The number of nitrogen functional groups attached to an aromatic ring is 1. The average Bonchev–Trinajstić information content (AvgIpc) is 2.62. The molecule has 2 N–H and O–H groups in total. The lowest BCUT2D eigenvalue weighted by molar-refractivity contribution is 0.652. The van der Waals surface area contributed by atoms with E-state index < -0.39 is 0 Å². The molecule has 0 bridgehead atoms. The Balaban J connectivity index is 2.30. The van der Waals surface area contributed by atoms with Gasteiger partial charge in [0.2, 0.25) is 0 Å². The minimum atomic E-state index is 0.559. The SMILES string of the molecule is CCc1cc(N)nn1Cc1ccccc1Cl. The smallest absolute Gasteiger partial charge is 0.145 e. The van der Waals surface area contributed by atoms with E-state index in [1.807, 2.05) is 35.0 Å². The van der Waals surface area contributed by atoms with Gasteiger partial charge in [-0.25, -0.2) is 0 Å². The molecule has 0 amide bonds.